The normalized spacial score (nSPS) is 12.7. The summed E-state index contributed by atoms with van der Waals surface area (Å²) in [6.07, 6.45) is 1.06. The van der Waals surface area contributed by atoms with Crippen molar-refractivity contribution in [3.05, 3.63) is 63.6 Å². The van der Waals surface area contributed by atoms with Crippen LogP contribution in [0.1, 0.15) is 39.7 Å². The van der Waals surface area contributed by atoms with Gasteiger partial charge in [0.1, 0.15) is 12.6 Å². The molecule has 0 saturated heterocycles. The van der Waals surface area contributed by atoms with E-state index in [1.807, 2.05) is 0 Å². The summed E-state index contributed by atoms with van der Waals surface area (Å²) in [5, 5.41) is 3.38. The molecule has 1 atom stereocenters. The molecule has 2 aromatic carbocycles. The lowest BCUT2D eigenvalue weighted by Crippen LogP contribution is -2.55. The highest BCUT2D eigenvalue weighted by molar-refractivity contribution is 7.92. The summed E-state index contributed by atoms with van der Waals surface area (Å²) in [7, 11) is -4.09. The van der Waals surface area contributed by atoms with Crippen molar-refractivity contribution in [1.82, 2.24) is 10.2 Å². The fourth-order valence-electron chi connectivity index (χ4n) is 3.46. The largest absolute Gasteiger partial charge is 0.350 e. The highest BCUT2D eigenvalue weighted by atomic mass is 35.5. The summed E-state index contributed by atoms with van der Waals surface area (Å²) < 4.78 is 53.0. The number of halogens is 4. The average molecular weight is 564 g/mol. The molecule has 198 valence electrons. The fourth-order valence-corrected chi connectivity index (χ4v) is 4.62. The lowest BCUT2D eigenvalue weighted by Gasteiger charge is -2.34. The number of sulfonamides is 1. The monoisotopic (exact) mass is 563 g/mol. The van der Waals surface area contributed by atoms with Gasteiger partial charge in [0, 0.05) is 18.2 Å². The van der Waals surface area contributed by atoms with E-state index in [1.54, 1.807) is 45.9 Å². The van der Waals surface area contributed by atoms with Crippen molar-refractivity contribution in [3.63, 3.8) is 0 Å². The summed E-state index contributed by atoms with van der Waals surface area (Å²) in [5.41, 5.74) is -0.266. The quantitative estimate of drug-likeness (QED) is 0.476. The van der Waals surface area contributed by atoms with Crippen LogP contribution in [0.4, 0.5) is 14.5 Å². The molecule has 36 heavy (non-hydrogen) atoms. The summed E-state index contributed by atoms with van der Waals surface area (Å²) in [4.78, 5) is 27.9. The lowest BCUT2D eigenvalue weighted by atomic mass is 10.1. The van der Waals surface area contributed by atoms with Crippen molar-refractivity contribution in [1.29, 1.82) is 0 Å². The Kier molecular flexibility index (Phi) is 9.72. The molecule has 0 heterocycles. The Morgan fingerprint density at radius 2 is 1.67 bits per heavy atom. The molecule has 12 heteroatoms. The predicted molar refractivity (Wildman–Crippen MR) is 138 cm³/mol. The van der Waals surface area contributed by atoms with Gasteiger partial charge in [0.15, 0.2) is 11.6 Å². The fraction of sp³-hybridized carbons (Fsp3) is 0.417. The topological polar surface area (TPSA) is 86.8 Å². The van der Waals surface area contributed by atoms with Gasteiger partial charge < -0.3 is 10.2 Å². The zero-order chi connectivity index (χ0) is 27.4. The van der Waals surface area contributed by atoms with Crippen molar-refractivity contribution in [3.8, 4) is 0 Å². The van der Waals surface area contributed by atoms with E-state index in [-0.39, 0.29) is 23.7 Å². The first kappa shape index (κ1) is 29.8. The SMILES string of the molecule is CC[C@@H](C(=O)NC(C)(C)C)N(Cc1ccc(Cl)c(Cl)c1)C(=O)CN(c1ccc(F)c(F)c1)S(C)(=O)=O. The van der Waals surface area contributed by atoms with Gasteiger partial charge in [0.25, 0.3) is 0 Å². The Hall–Kier alpha value is -2.43. The van der Waals surface area contributed by atoms with E-state index in [1.165, 1.54) is 4.90 Å². The van der Waals surface area contributed by atoms with Gasteiger partial charge in [-0.2, -0.15) is 0 Å². The highest BCUT2D eigenvalue weighted by Crippen LogP contribution is 2.25. The van der Waals surface area contributed by atoms with Crippen LogP contribution < -0.4 is 9.62 Å². The second-order valence-corrected chi connectivity index (χ2v) is 12.0. The lowest BCUT2D eigenvalue weighted by molar-refractivity contribution is -0.141. The van der Waals surface area contributed by atoms with E-state index in [9.17, 15) is 26.8 Å². The van der Waals surface area contributed by atoms with Crippen molar-refractivity contribution < 1.29 is 26.8 Å². The third-order valence-corrected chi connectivity index (χ3v) is 6.97. The average Bonchev–Trinajstić information content (AvgIpc) is 2.74. The molecular weight excluding hydrogens is 535 g/mol. The smallest absolute Gasteiger partial charge is 0.244 e. The van der Waals surface area contributed by atoms with Crippen LogP contribution in [0, 0.1) is 11.6 Å². The molecule has 2 aromatic rings. The number of amides is 2. The maximum Gasteiger partial charge on any atom is 0.244 e. The number of hydrogen-bond acceptors (Lipinski definition) is 4. The molecule has 0 unspecified atom stereocenters. The van der Waals surface area contributed by atoms with Gasteiger partial charge in [0.2, 0.25) is 21.8 Å². The number of carbonyl (C=O) groups is 2. The van der Waals surface area contributed by atoms with Crippen LogP contribution >= 0.6 is 23.2 Å². The van der Waals surface area contributed by atoms with Gasteiger partial charge in [0.05, 0.1) is 22.0 Å². The minimum atomic E-state index is -4.09. The summed E-state index contributed by atoms with van der Waals surface area (Å²) in [5.74, 6) is -3.59. The van der Waals surface area contributed by atoms with Gasteiger partial charge in [-0.25, -0.2) is 17.2 Å². The van der Waals surface area contributed by atoms with Crippen LogP contribution in [0.25, 0.3) is 0 Å². The molecule has 0 fully saturated rings. The molecule has 0 radical (unpaired) electrons. The number of nitrogens with one attached hydrogen (secondary N) is 1. The van der Waals surface area contributed by atoms with Crippen LogP contribution in [0.15, 0.2) is 36.4 Å². The van der Waals surface area contributed by atoms with Crippen LogP contribution in [-0.2, 0) is 26.2 Å². The molecular formula is C24H29Cl2F2N3O4S. The number of benzene rings is 2. The van der Waals surface area contributed by atoms with Crippen LogP contribution in [0.5, 0.6) is 0 Å². The molecule has 0 aliphatic heterocycles. The van der Waals surface area contributed by atoms with Gasteiger partial charge in [-0.05, 0) is 57.0 Å². The first-order valence-electron chi connectivity index (χ1n) is 11.0. The minimum absolute atomic E-state index is 0.0822. The third kappa shape index (κ3) is 8.04. The molecule has 7 nitrogen and oxygen atoms in total. The molecule has 0 spiro atoms. The van der Waals surface area contributed by atoms with Gasteiger partial charge in [-0.3, -0.25) is 13.9 Å². The van der Waals surface area contributed by atoms with Gasteiger partial charge in [-0.15, -0.1) is 0 Å². The number of rotatable bonds is 9. The second-order valence-electron chi connectivity index (χ2n) is 9.30. The number of anilines is 1. The molecule has 0 aliphatic rings. The van der Waals surface area contributed by atoms with Crippen LogP contribution in [-0.4, -0.2) is 49.5 Å². The maximum atomic E-state index is 13.9. The summed E-state index contributed by atoms with van der Waals surface area (Å²) >= 11 is 12.1. The second kappa shape index (κ2) is 11.7. The van der Waals surface area contributed by atoms with Gasteiger partial charge >= 0.3 is 0 Å². The molecule has 0 aromatic heterocycles. The van der Waals surface area contributed by atoms with Crippen molar-refractivity contribution in [2.24, 2.45) is 0 Å². The van der Waals surface area contributed by atoms with Crippen molar-refractivity contribution in [2.45, 2.75) is 52.2 Å². The van der Waals surface area contributed by atoms with Crippen molar-refractivity contribution >= 4 is 50.7 Å². The molecule has 1 N–H and O–H groups in total. The Morgan fingerprint density at radius 3 is 2.17 bits per heavy atom. The molecule has 0 aliphatic carbocycles. The Labute approximate surface area is 220 Å². The standard InChI is InChI=1S/C24H29Cl2F2N3O4S/c1-6-21(23(33)29-24(2,3)4)30(13-15-7-9-17(25)18(26)11-15)22(32)14-31(36(5,34)35)16-8-10-19(27)20(28)12-16/h7-12,21H,6,13-14H2,1-5H3,(H,29,33)/t21-/m0/s1. The molecule has 0 bridgehead atoms. The molecule has 2 rings (SSSR count). The van der Waals surface area contributed by atoms with E-state index >= 15 is 0 Å². The third-order valence-electron chi connectivity index (χ3n) is 5.09. The maximum absolute atomic E-state index is 13.9. The minimum Gasteiger partial charge on any atom is -0.350 e. The first-order chi connectivity index (χ1) is 16.5. The van der Waals surface area contributed by atoms with E-state index in [0.29, 0.717) is 21.0 Å². The first-order valence-corrected chi connectivity index (χ1v) is 13.6. The van der Waals surface area contributed by atoms with Crippen LogP contribution in [0.2, 0.25) is 10.0 Å². The van der Waals surface area contributed by atoms with Gasteiger partial charge in [-0.1, -0.05) is 36.2 Å². The number of nitrogens with zero attached hydrogens (tertiary/aromatic N) is 2. The zero-order valence-corrected chi connectivity index (χ0v) is 22.9. The highest BCUT2D eigenvalue weighted by Gasteiger charge is 2.33. The van der Waals surface area contributed by atoms with E-state index in [2.05, 4.69) is 5.32 Å². The number of hydrogen-bond donors (Lipinski definition) is 1. The van der Waals surface area contributed by atoms with E-state index in [0.717, 1.165) is 18.4 Å². The van der Waals surface area contributed by atoms with E-state index in [4.69, 9.17) is 23.2 Å². The van der Waals surface area contributed by atoms with E-state index < -0.39 is 51.6 Å². The Bertz CT molecular complexity index is 1240. The molecule has 0 saturated carbocycles. The Morgan fingerprint density at radius 1 is 1.03 bits per heavy atom. The summed E-state index contributed by atoms with van der Waals surface area (Å²) in [6.45, 7) is 6.25. The molecule has 2 amide bonds. The summed E-state index contributed by atoms with van der Waals surface area (Å²) in [6, 6.07) is 6.28. The van der Waals surface area contributed by atoms with Crippen LogP contribution in [0.3, 0.4) is 0 Å². The predicted octanol–water partition coefficient (Wildman–Crippen LogP) is 4.76. The Balaban J connectivity index is 2.50. The van der Waals surface area contributed by atoms with Crippen molar-refractivity contribution in [2.75, 3.05) is 17.1 Å². The zero-order valence-electron chi connectivity index (χ0n) is 20.6. The number of carbonyl (C=O) groups excluding carboxylic acids is 2.